The minimum atomic E-state index is -0.374. The van der Waals surface area contributed by atoms with Gasteiger partial charge in [0, 0.05) is 32.2 Å². The molecule has 0 aromatic heterocycles. The summed E-state index contributed by atoms with van der Waals surface area (Å²) in [7, 11) is 0. The van der Waals surface area contributed by atoms with E-state index >= 15 is 0 Å². The second kappa shape index (κ2) is 5.80. The second-order valence-electron chi connectivity index (χ2n) is 5.04. The zero-order chi connectivity index (χ0) is 12.3. The van der Waals surface area contributed by atoms with E-state index in [0.29, 0.717) is 6.04 Å². The van der Waals surface area contributed by atoms with E-state index in [1.54, 1.807) is 4.90 Å². The third kappa shape index (κ3) is 3.18. The highest BCUT2D eigenvalue weighted by Crippen LogP contribution is 2.21. The molecule has 1 amide bonds. The maximum Gasteiger partial charge on any atom is 0.248 e. The summed E-state index contributed by atoms with van der Waals surface area (Å²) < 4.78 is 0. The van der Waals surface area contributed by atoms with Crippen molar-refractivity contribution in [2.24, 2.45) is 0 Å². The molecule has 2 rings (SSSR count). The van der Waals surface area contributed by atoms with Crippen LogP contribution in [0.1, 0.15) is 25.7 Å². The zero-order valence-corrected chi connectivity index (χ0v) is 10.2. The van der Waals surface area contributed by atoms with E-state index in [-0.39, 0.29) is 18.6 Å². The molecule has 0 aromatic rings. The fourth-order valence-electron chi connectivity index (χ4n) is 2.83. The van der Waals surface area contributed by atoms with Crippen LogP contribution in [0.2, 0.25) is 0 Å². The summed E-state index contributed by atoms with van der Waals surface area (Å²) in [5, 5.41) is 18.3. The Bertz CT molecular complexity index is 256. The van der Waals surface area contributed by atoms with Gasteiger partial charge < -0.3 is 20.0 Å². The highest BCUT2D eigenvalue weighted by atomic mass is 16.3. The highest BCUT2D eigenvalue weighted by Gasteiger charge is 2.28. The van der Waals surface area contributed by atoms with E-state index in [9.17, 15) is 9.90 Å². The molecule has 0 aliphatic carbocycles. The number of carbonyl (C=O) groups excluding carboxylic acids is 1. The number of hydrogen-bond donors (Lipinski definition) is 2. The van der Waals surface area contributed by atoms with Crippen LogP contribution in [0, 0.1) is 0 Å². The van der Waals surface area contributed by atoms with Crippen molar-refractivity contribution in [3.8, 4) is 0 Å². The molecule has 2 heterocycles. The van der Waals surface area contributed by atoms with Gasteiger partial charge in [0.2, 0.25) is 5.91 Å². The van der Waals surface area contributed by atoms with E-state index in [1.165, 1.54) is 0 Å². The molecule has 0 spiro atoms. The molecule has 2 fully saturated rings. The van der Waals surface area contributed by atoms with Crippen molar-refractivity contribution in [2.75, 3.05) is 32.8 Å². The molecule has 0 radical (unpaired) electrons. The quantitative estimate of drug-likeness (QED) is 0.680. The standard InChI is InChI=1S/C12H22N2O3/c15-9-12(17)14-5-1-10(2-6-14)13-7-3-11(16)4-8-13/h10-11,15-16H,1-9H2. The topological polar surface area (TPSA) is 64.0 Å². The normalized spacial score (nSPS) is 25.2. The lowest BCUT2D eigenvalue weighted by Gasteiger charge is -2.41. The van der Waals surface area contributed by atoms with Crippen molar-refractivity contribution in [3.63, 3.8) is 0 Å². The number of piperidine rings is 2. The summed E-state index contributed by atoms with van der Waals surface area (Å²) >= 11 is 0. The van der Waals surface area contributed by atoms with Crippen LogP contribution < -0.4 is 0 Å². The number of likely N-dealkylation sites (tertiary alicyclic amines) is 2. The largest absolute Gasteiger partial charge is 0.393 e. The molecule has 2 aliphatic rings. The van der Waals surface area contributed by atoms with Gasteiger partial charge in [0.15, 0.2) is 0 Å². The molecule has 2 saturated heterocycles. The minimum absolute atomic E-state index is 0.123. The van der Waals surface area contributed by atoms with Crippen LogP contribution in [0.4, 0.5) is 0 Å². The van der Waals surface area contributed by atoms with Crippen molar-refractivity contribution in [1.29, 1.82) is 0 Å². The molecule has 0 saturated carbocycles. The maximum absolute atomic E-state index is 11.3. The van der Waals surface area contributed by atoms with Gasteiger partial charge >= 0.3 is 0 Å². The molecule has 0 atom stereocenters. The zero-order valence-electron chi connectivity index (χ0n) is 10.2. The number of carbonyl (C=O) groups is 1. The third-order valence-electron chi connectivity index (χ3n) is 3.97. The van der Waals surface area contributed by atoms with Crippen LogP contribution in [-0.4, -0.2) is 70.9 Å². The third-order valence-corrected chi connectivity index (χ3v) is 3.97. The number of hydrogen-bond acceptors (Lipinski definition) is 4. The summed E-state index contributed by atoms with van der Waals surface area (Å²) in [4.78, 5) is 15.5. The minimum Gasteiger partial charge on any atom is -0.393 e. The van der Waals surface area contributed by atoms with E-state index in [2.05, 4.69) is 4.90 Å². The molecule has 0 aromatic carbocycles. The Balaban J connectivity index is 1.77. The van der Waals surface area contributed by atoms with Crippen molar-refractivity contribution in [1.82, 2.24) is 9.80 Å². The number of rotatable bonds is 2. The highest BCUT2D eigenvalue weighted by molar-refractivity contribution is 5.77. The molecule has 2 aliphatic heterocycles. The summed E-state index contributed by atoms with van der Waals surface area (Å²) in [6.07, 6.45) is 3.59. The van der Waals surface area contributed by atoms with Crippen LogP contribution in [-0.2, 0) is 4.79 Å². The molecule has 5 heteroatoms. The van der Waals surface area contributed by atoms with E-state index in [0.717, 1.165) is 51.9 Å². The predicted molar refractivity (Wildman–Crippen MR) is 63.5 cm³/mol. The fourth-order valence-corrected chi connectivity index (χ4v) is 2.83. The number of nitrogens with zero attached hydrogens (tertiary/aromatic N) is 2. The van der Waals surface area contributed by atoms with Crippen LogP contribution in [0.25, 0.3) is 0 Å². The summed E-state index contributed by atoms with van der Waals surface area (Å²) in [6, 6.07) is 0.547. The average molecular weight is 242 g/mol. The smallest absolute Gasteiger partial charge is 0.248 e. The summed E-state index contributed by atoms with van der Waals surface area (Å²) in [5.41, 5.74) is 0. The Morgan fingerprint density at radius 3 is 2.18 bits per heavy atom. The van der Waals surface area contributed by atoms with Gasteiger partial charge in [0.25, 0.3) is 0 Å². The average Bonchev–Trinajstić information content (AvgIpc) is 2.39. The first kappa shape index (κ1) is 12.8. The van der Waals surface area contributed by atoms with E-state index in [1.807, 2.05) is 0 Å². The van der Waals surface area contributed by atoms with Crippen LogP contribution in [0.15, 0.2) is 0 Å². The van der Waals surface area contributed by atoms with Crippen molar-refractivity contribution < 1.29 is 15.0 Å². The Hall–Kier alpha value is -0.650. The number of aliphatic hydroxyl groups is 2. The maximum atomic E-state index is 11.3. The van der Waals surface area contributed by atoms with Gasteiger partial charge in [-0.25, -0.2) is 0 Å². The molecule has 17 heavy (non-hydrogen) atoms. The van der Waals surface area contributed by atoms with Crippen LogP contribution >= 0.6 is 0 Å². The molecule has 2 N–H and O–H groups in total. The molecule has 98 valence electrons. The van der Waals surface area contributed by atoms with Gasteiger partial charge in [-0.2, -0.15) is 0 Å². The van der Waals surface area contributed by atoms with Gasteiger partial charge in [-0.15, -0.1) is 0 Å². The predicted octanol–water partition coefficient (Wildman–Crippen LogP) is -0.574. The fraction of sp³-hybridized carbons (Fsp3) is 0.917. The monoisotopic (exact) mass is 242 g/mol. The van der Waals surface area contributed by atoms with E-state index in [4.69, 9.17) is 5.11 Å². The Morgan fingerprint density at radius 1 is 1.06 bits per heavy atom. The summed E-state index contributed by atoms with van der Waals surface area (Å²) in [5.74, 6) is -0.155. The molecular weight excluding hydrogens is 220 g/mol. The summed E-state index contributed by atoms with van der Waals surface area (Å²) in [6.45, 7) is 3.08. The second-order valence-corrected chi connectivity index (χ2v) is 5.04. The first-order chi connectivity index (χ1) is 8.20. The number of aliphatic hydroxyl groups excluding tert-OH is 2. The molecular formula is C12H22N2O3. The Morgan fingerprint density at radius 2 is 1.65 bits per heavy atom. The lowest BCUT2D eigenvalue weighted by molar-refractivity contribution is -0.135. The van der Waals surface area contributed by atoms with E-state index < -0.39 is 0 Å². The Labute approximate surface area is 102 Å². The lowest BCUT2D eigenvalue weighted by Crippen LogP contribution is -2.50. The molecule has 0 bridgehead atoms. The molecule has 5 nitrogen and oxygen atoms in total. The van der Waals surface area contributed by atoms with Crippen molar-refractivity contribution in [2.45, 2.75) is 37.8 Å². The lowest BCUT2D eigenvalue weighted by atomic mass is 9.99. The Kier molecular flexibility index (Phi) is 4.36. The van der Waals surface area contributed by atoms with Gasteiger partial charge in [0.1, 0.15) is 6.61 Å². The van der Waals surface area contributed by atoms with Crippen molar-refractivity contribution >= 4 is 5.91 Å². The first-order valence-electron chi connectivity index (χ1n) is 6.51. The number of amides is 1. The molecule has 0 unspecified atom stereocenters. The van der Waals surface area contributed by atoms with Gasteiger partial charge in [0.05, 0.1) is 6.10 Å². The van der Waals surface area contributed by atoms with Crippen LogP contribution in [0.3, 0.4) is 0 Å². The SMILES string of the molecule is O=C(CO)N1CCC(N2CCC(O)CC2)CC1. The van der Waals surface area contributed by atoms with Gasteiger partial charge in [-0.1, -0.05) is 0 Å². The van der Waals surface area contributed by atoms with Crippen LogP contribution in [0.5, 0.6) is 0 Å². The first-order valence-corrected chi connectivity index (χ1v) is 6.51. The van der Waals surface area contributed by atoms with Gasteiger partial charge in [-0.05, 0) is 25.7 Å². The van der Waals surface area contributed by atoms with Gasteiger partial charge in [-0.3, -0.25) is 4.79 Å². The van der Waals surface area contributed by atoms with Crippen molar-refractivity contribution in [3.05, 3.63) is 0 Å².